The molecule has 0 aromatic carbocycles. The third kappa shape index (κ3) is 5.99. The Morgan fingerprint density at radius 1 is 1.54 bits per heavy atom. The second-order valence-electron chi connectivity index (χ2n) is 2.35. The van der Waals surface area contributed by atoms with Crippen molar-refractivity contribution in [1.29, 1.82) is 0 Å². The highest BCUT2D eigenvalue weighted by atomic mass is 16.5. The minimum atomic E-state index is 0.00981. The normalized spacial score (nSPS) is 8.54. The smallest absolute Gasteiger partial charge is 0.178 e. The highest BCUT2D eigenvalue weighted by Gasteiger charge is 1.94. The van der Waals surface area contributed by atoms with Crippen molar-refractivity contribution in [3.05, 3.63) is 30.1 Å². The molecular weight excluding hydrogens is 166 g/mol. The van der Waals surface area contributed by atoms with Crippen molar-refractivity contribution in [2.24, 2.45) is 0 Å². The molecule has 1 aromatic rings. The first-order valence-corrected chi connectivity index (χ1v) is 4.13. The number of hydrogen-bond acceptors (Lipinski definition) is 3. The van der Waals surface area contributed by atoms with Gasteiger partial charge in [0.25, 0.3) is 0 Å². The predicted octanol–water partition coefficient (Wildman–Crippen LogP) is 1.94. The second kappa shape index (κ2) is 7.43. The van der Waals surface area contributed by atoms with Gasteiger partial charge in [-0.2, -0.15) is 0 Å². The average Bonchev–Trinajstić information content (AvgIpc) is 2.19. The number of ether oxygens (including phenoxy) is 1. The zero-order valence-corrected chi connectivity index (χ0v) is 8.28. The summed E-state index contributed by atoms with van der Waals surface area (Å²) in [4.78, 5) is 14.4. The van der Waals surface area contributed by atoms with Crippen LogP contribution in [0.4, 0.5) is 0 Å². The summed E-state index contributed by atoms with van der Waals surface area (Å²) in [5, 5.41) is 0. The van der Waals surface area contributed by atoms with Crippen LogP contribution in [0.2, 0.25) is 0 Å². The molecule has 3 nitrogen and oxygen atoms in total. The number of nitrogens with zero attached hydrogens (tertiary/aromatic N) is 1. The Balaban J connectivity index is 0.000000310. The van der Waals surface area contributed by atoms with Gasteiger partial charge in [-0.1, -0.05) is 6.07 Å². The van der Waals surface area contributed by atoms with Crippen molar-refractivity contribution in [2.45, 2.75) is 13.8 Å². The quantitative estimate of drug-likeness (QED) is 0.654. The van der Waals surface area contributed by atoms with E-state index in [1.54, 1.807) is 31.5 Å². The van der Waals surface area contributed by atoms with E-state index in [0.717, 1.165) is 6.61 Å². The largest absolute Gasteiger partial charge is 0.385 e. The Hall–Kier alpha value is -1.22. The van der Waals surface area contributed by atoms with Gasteiger partial charge in [-0.3, -0.25) is 9.78 Å². The number of aromatic nitrogens is 1. The highest BCUT2D eigenvalue weighted by molar-refractivity contribution is 5.91. The third-order valence-electron chi connectivity index (χ3n) is 1.31. The maximum atomic E-state index is 10.6. The molecule has 0 aliphatic carbocycles. The summed E-state index contributed by atoms with van der Waals surface area (Å²) in [6, 6.07) is 5.28. The summed E-state index contributed by atoms with van der Waals surface area (Å²) in [6.07, 6.45) is 1.61. The molecule has 0 saturated heterocycles. The van der Waals surface area contributed by atoms with Crippen molar-refractivity contribution >= 4 is 5.78 Å². The molecular formula is C10H15NO2. The topological polar surface area (TPSA) is 39.2 Å². The van der Waals surface area contributed by atoms with E-state index < -0.39 is 0 Å². The first-order chi connectivity index (χ1) is 6.22. The van der Waals surface area contributed by atoms with E-state index in [2.05, 4.69) is 9.72 Å². The number of methoxy groups -OCH3 is 1. The monoisotopic (exact) mass is 181 g/mol. The van der Waals surface area contributed by atoms with E-state index in [9.17, 15) is 4.79 Å². The first-order valence-electron chi connectivity index (χ1n) is 4.13. The van der Waals surface area contributed by atoms with Crippen molar-refractivity contribution < 1.29 is 9.53 Å². The van der Waals surface area contributed by atoms with E-state index >= 15 is 0 Å². The third-order valence-corrected chi connectivity index (χ3v) is 1.31. The SMILES string of the molecule is CC(=O)c1ccccn1.CCOC. The van der Waals surface area contributed by atoms with Crippen LogP contribution in [0, 0.1) is 0 Å². The number of carbonyl (C=O) groups is 1. The van der Waals surface area contributed by atoms with E-state index in [0.29, 0.717) is 5.69 Å². The fourth-order valence-electron chi connectivity index (χ4n) is 0.571. The summed E-state index contributed by atoms with van der Waals surface area (Å²) in [5.74, 6) is 0.00981. The molecule has 13 heavy (non-hydrogen) atoms. The van der Waals surface area contributed by atoms with Crippen LogP contribution in [0.25, 0.3) is 0 Å². The molecule has 0 aliphatic rings. The number of ketones is 1. The standard InChI is InChI=1S/C7H7NO.C3H8O/c1-6(9)7-4-2-3-5-8-7;1-3-4-2/h2-5H,1H3;3H2,1-2H3. The molecule has 0 fully saturated rings. The van der Waals surface area contributed by atoms with Gasteiger partial charge in [0.05, 0.1) is 0 Å². The van der Waals surface area contributed by atoms with Crippen molar-refractivity contribution in [3.63, 3.8) is 0 Å². The molecule has 0 bridgehead atoms. The molecule has 0 amide bonds. The minimum absolute atomic E-state index is 0.00981. The molecule has 0 radical (unpaired) electrons. The number of pyridine rings is 1. The van der Waals surface area contributed by atoms with Crippen LogP contribution in [0.3, 0.4) is 0 Å². The summed E-state index contributed by atoms with van der Waals surface area (Å²) in [6.45, 7) is 4.28. The second-order valence-corrected chi connectivity index (χ2v) is 2.35. The van der Waals surface area contributed by atoms with Gasteiger partial charge >= 0.3 is 0 Å². The summed E-state index contributed by atoms with van der Waals surface area (Å²) < 4.78 is 4.54. The maximum absolute atomic E-state index is 10.6. The van der Waals surface area contributed by atoms with Crippen LogP contribution in [0.15, 0.2) is 24.4 Å². The van der Waals surface area contributed by atoms with Crippen molar-refractivity contribution in [3.8, 4) is 0 Å². The zero-order valence-electron chi connectivity index (χ0n) is 8.28. The molecule has 1 aromatic heterocycles. The van der Waals surface area contributed by atoms with Gasteiger partial charge in [-0.05, 0) is 19.1 Å². The van der Waals surface area contributed by atoms with Crippen LogP contribution in [0.1, 0.15) is 24.3 Å². The fraction of sp³-hybridized carbons (Fsp3) is 0.400. The van der Waals surface area contributed by atoms with Gasteiger partial charge < -0.3 is 4.74 Å². The van der Waals surface area contributed by atoms with Crippen LogP contribution in [0.5, 0.6) is 0 Å². The molecule has 1 rings (SSSR count). The van der Waals surface area contributed by atoms with Crippen LogP contribution in [-0.2, 0) is 4.74 Å². The Morgan fingerprint density at radius 3 is 2.38 bits per heavy atom. The Morgan fingerprint density at radius 2 is 2.15 bits per heavy atom. The Kier molecular flexibility index (Phi) is 6.73. The van der Waals surface area contributed by atoms with E-state index in [1.165, 1.54) is 6.92 Å². The molecule has 3 heteroatoms. The summed E-state index contributed by atoms with van der Waals surface area (Å²) in [7, 11) is 1.68. The lowest BCUT2D eigenvalue weighted by Crippen LogP contribution is -1.93. The molecule has 0 saturated carbocycles. The molecule has 0 atom stereocenters. The van der Waals surface area contributed by atoms with Crippen LogP contribution >= 0.6 is 0 Å². The predicted molar refractivity (Wildman–Crippen MR) is 51.8 cm³/mol. The molecule has 1 heterocycles. The molecule has 0 unspecified atom stereocenters. The first kappa shape index (κ1) is 11.8. The molecule has 0 spiro atoms. The summed E-state index contributed by atoms with van der Waals surface area (Å²) >= 11 is 0. The number of rotatable bonds is 2. The van der Waals surface area contributed by atoms with Crippen LogP contribution in [-0.4, -0.2) is 24.5 Å². The Labute approximate surface area is 78.8 Å². The van der Waals surface area contributed by atoms with Gasteiger partial charge in [0.1, 0.15) is 5.69 Å². The highest BCUT2D eigenvalue weighted by Crippen LogP contribution is 1.92. The average molecular weight is 181 g/mol. The number of Topliss-reactive ketones (excluding diaryl/α,β-unsaturated/α-hetero) is 1. The van der Waals surface area contributed by atoms with Gasteiger partial charge in [0.2, 0.25) is 0 Å². The van der Waals surface area contributed by atoms with Gasteiger partial charge in [0, 0.05) is 26.8 Å². The molecule has 0 aliphatic heterocycles. The van der Waals surface area contributed by atoms with Crippen LogP contribution < -0.4 is 0 Å². The minimum Gasteiger partial charge on any atom is -0.385 e. The Bertz CT molecular complexity index is 232. The zero-order chi connectivity index (χ0) is 10.1. The van der Waals surface area contributed by atoms with Gasteiger partial charge in [0.15, 0.2) is 5.78 Å². The lowest BCUT2D eigenvalue weighted by molar-refractivity contribution is 0.101. The van der Waals surface area contributed by atoms with Gasteiger partial charge in [-0.15, -0.1) is 0 Å². The van der Waals surface area contributed by atoms with Crippen molar-refractivity contribution in [2.75, 3.05) is 13.7 Å². The van der Waals surface area contributed by atoms with E-state index in [4.69, 9.17) is 0 Å². The van der Waals surface area contributed by atoms with Gasteiger partial charge in [-0.25, -0.2) is 0 Å². The van der Waals surface area contributed by atoms with Crippen molar-refractivity contribution in [1.82, 2.24) is 4.98 Å². The molecule has 72 valence electrons. The molecule has 0 N–H and O–H groups in total. The van der Waals surface area contributed by atoms with E-state index in [-0.39, 0.29) is 5.78 Å². The van der Waals surface area contributed by atoms with E-state index in [1.807, 2.05) is 6.92 Å². The number of carbonyl (C=O) groups excluding carboxylic acids is 1. The lowest BCUT2D eigenvalue weighted by Gasteiger charge is -1.88. The maximum Gasteiger partial charge on any atom is 0.178 e. The summed E-state index contributed by atoms with van der Waals surface area (Å²) in [5.41, 5.74) is 0.525. The number of hydrogen-bond donors (Lipinski definition) is 0. The fourth-order valence-corrected chi connectivity index (χ4v) is 0.571. The lowest BCUT2D eigenvalue weighted by atomic mass is 10.3.